The predicted molar refractivity (Wildman–Crippen MR) is 106 cm³/mol. The van der Waals surface area contributed by atoms with Crippen molar-refractivity contribution in [2.75, 3.05) is 31.1 Å². The number of carbonyl (C=O) groups is 2. The van der Waals surface area contributed by atoms with Crippen LogP contribution in [0.2, 0.25) is 0 Å². The van der Waals surface area contributed by atoms with Crippen molar-refractivity contribution in [1.82, 2.24) is 15.2 Å². The number of nitrogens with zero attached hydrogens (tertiary/aromatic N) is 3. The van der Waals surface area contributed by atoms with Crippen LogP contribution in [0.4, 0.5) is 10.1 Å². The number of hydrogen-bond acceptors (Lipinski definition) is 4. The van der Waals surface area contributed by atoms with Crippen LogP contribution in [0, 0.1) is 11.7 Å². The second-order valence-electron chi connectivity index (χ2n) is 6.85. The third-order valence-electron chi connectivity index (χ3n) is 5.24. The van der Waals surface area contributed by atoms with E-state index in [-0.39, 0.29) is 36.1 Å². The van der Waals surface area contributed by atoms with Crippen molar-refractivity contribution < 1.29 is 14.0 Å². The van der Waals surface area contributed by atoms with Crippen molar-refractivity contribution in [3.63, 3.8) is 0 Å². The van der Waals surface area contributed by atoms with E-state index in [1.165, 1.54) is 12.1 Å². The Morgan fingerprint density at radius 2 is 1.96 bits per heavy atom. The molecular formula is C20H22ClFN4O2. The largest absolute Gasteiger partial charge is 0.332 e. The van der Waals surface area contributed by atoms with Gasteiger partial charge in [-0.3, -0.25) is 14.6 Å². The summed E-state index contributed by atoms with van der Waals surface area (Å²) in [7, 11) is 0. The fourth-order valence-corrected chi connectivity index (χ4v) is 3.83. The molecule has 2 aromatic rings. The number of aromatic nitrogens is 1. The van der Waals surface area contributed by atoms with Gasteiger partial charge < -0.3 is 15.1 Å². The van der Waals surface area contributed by atoms with Gasteiger partial charge in [0.25, 0.3) is 0 Å². The summed E-state index contributed by atoms with van der Waals surface area (Å²) in [6.07, 6.45) is 3.94. The molecule has 6 nitrogen and oxygen atoms in total. The number of amides is 2. The number of anilines is 1. The highest BCUT2D eigenvalue weighted by molar-refractivity contribution is 6.09. The van der Waals surface area contributed by atoms with E-state index in [0.29, 0.717) is 38.3 Å². The molecule has 2 saturated heterocycles. The van der Waals surface area contributed by atoms with Crippen molar-refractivity contribution in [1.29, 1.82) is 0 Å². The normalized spacial score (nSPS) is 22.1. The van der Waals surface area contributed by atoms with Gasteiger partial charge in [-0.2, -0.15) is 0 Å². The number of hydrogen-bond donors (Lipinski definition) is 1. The molecule has 4 rings (SSSR count). The molecule has 1 aromatic carbocycles. The number of piperazine rings is 1. The van der Waals surface area contributed by atoms with Gasteiger partial charge in [0.15, 0.2) is 0 Å². The second kappa shape index (κ2) is 8.67. The van der Waals surface area contributed by atoms with Crippen LogP contribution < -0.4 is 10.2 Å². The summed E-state index contributed by atoms with van der Waals surface area (Å²) >= 11 is 0. The van der Waals surface area contributed by atoms with E-state index >= 15 is 0 Å². The second-order valence-corrected chi connectivity index (χ2v) is 6.85. The van der Waals surface area contributed by atoms with Crippen molar-refractivity contribution in [3.05, 3.63) is 60.2 Å². The molecule has 2 amide bonds. The van der Waals surface area contributed by atoms with Crippen LogP contribution in [0.3, 0.4) is 0 Å². The minimum absolute atomic E-state index is 0. The van der Waals surface area contributed by atoms with Gasteiger partial charge >= 0.3 is 0 Å². The van der Waals surface area contributed by atoms with Gasteiger partial charge in [0.1, 0.15) is 11.7 Å². The topological polar surface area (TPSA) is 65.5 Å². The van der Waals surface area contributed by atoms with E-state index in [9.17, 15) is 14.0 Å². The van der Waals surface area contributed by atoms with Crippen molar-refractivity contribution >= 4 is 29.9 Å². The Kier molecular flexibility index (Phi) is 6.26. The van der Waals surface area contributed by atoms with E-state index < -0.39 is 5.92 Å². The molecule has 1 aromatic heterocycles. The highest BCUT2D eigenvalue weighted by Gasteiger charge is 2.42. The number of pyridine rings is 1. The molecule has 0 bridgehead atoms. The molecule has 0 spiro atoms. The molecule has 148 valence electrons. The zero-order chi connectivity index (χ0) is 18.8. The zero-order valence-corrected chi connectivity index (χ0v) is 16.1. The first-order valence-corrected chi connectivity index (χ1v) is 9.13. The Hall–Kier alpha value is -2.51. The molecule has 2 aliphatic heterocycles. The molecule has 1 N–H and O–H groups in total. The maximum Gasteiger partial charge on any atom is 0.239 e. The molecule has 28 heavy (non-hydrogen) atoms. The molecule has 0 aliphatic carbocycles. The lowest BCUT2D eigenvalue weighted by molar-refractivity contribution is -0.142. The summed E-state index contributed by atoms with van der Waals surface area (Å²) in [5.41, 5.74) is 1.58. The first kappa shape index (κ1) is 20.2. The molecule has 2 atom stereocenters. The van der Waals surface area contributed by atoms with Gasteiger partial charge in [-0.05, 0) is 42.3 Å². The summed E-state index contributed by atoms with van der Waals surface area (Å²) in [5, 5.41) is 3.31. The number of nitrogens with one attached hydrogen (secondary N) is 1. The average molecular weight is 405 g/mol. The third-order valence-corrected chi connectivity index (χ3v) is 5.24. The van der Waals surface area contributed by atoms with Crippen LogP contribution in [0.1, 0.15) is 18.0 Å². The van der Waals surface area contributed by atoms with E-state index in [4.69, 9.17) is 0 Å². The fraction of sp³-hybridized carbons (Fsp3) is 0.350. The number of carbonyl (C=O) groups excluding carboxylic acids is 2. The Bertz CT molecular complexity index is 834. The minimum Gasteiger partial charge on any atom is -0.332 e. The lowest BCUT2D eigenvalue weighted by atomic mass is 10.0. The number of halogens is 2. The summed E-state index contributed by atoms with van der Waals surface area (Å²) in [5.74, 6) is -1.39. The highest BCUT2D eigenvalue weighted by Crippen LogP contribution is 2.30. The van der Waals surface area contributed by atoms with Gasteiger partial charge in [-0.1, -0.05) is 6.07 Å². The van der Waals surface area contributed by atoms with Crippen molar-refractivity contribution in [2.45, 2.75) is 12.5 Å². The standard InChI is InChI=1S/C20H21FN4O2.ClH/c21-15-3-5-16(6-4-15)24-10-7-17(19(24)26)20(27)25-11-9-23-13-18(25)14-2-1-8-22-12-14;/h1-6,8,12,17-18,23H,7,9-11,13H2;1H. The SMILES string of the molecule is Cl.O=C1C(C(=O)N2CCNCC2c2cccnc2)CCN1c1ccc(F)cc1. The minimum atomic E-state index is -0.688. The molecule has 2 fully saturated rings. The lowest BCUT2D eigenvalue weighted by Gasteiger charge is -2.37. The third kappa shape index (κ3) is 3.86. The van der Waals surface area contributed by atoms with Crippen molar-refractivity contribution in [3.8, 4) is 0 Å². The van der Waals surface area contributed by atoms with Crippen LogP contribution in [-0.2, 0) is 9.59 Å². The van der Waals surface area contributed by atoms with Crippen LogP contribution in [0.5, 0.6) is 0 Å². The fourth-order valence-electron chi connectivity index (χ4n) is 3.83. The Morgan fingerprint density at radius 1 is 1.18 bits per heavy atom. The molecule has 3 heterocycles. The summed E-state index contributed by atoms with van der Waals surface area (Å²) < 4.78 is 13.1. The maximum atomic E-state index is 13.2. The zero-order valence-electron chi connectivity index (χ0n) is 15.3. The Morgan fingerprint density at radius 3 is 2.68 bits per heavy atom. The number of benzene rings is 1. The van der Waals surface area contributed by atoms with E-state index in [1.807, 2.05) is 12.1 Å². The molecular weight excluding hydrogens is 383 g/mol. The first-order valence-electron chi connectivity index (χ1n) is 9.13. The lowest BCUT2D eigenvalue weighted by Crippen LogP contribution is -2.51. The number of rotatable bonds is 3. The summed E-state index contributed by atoms with van der Waals surface area (Å²) in [6.45, 7) is 2.36. The van der Waals surface area contributed by atoms with Crippen LogP contribution in [0.15, 0.2) is 48.8 Å². The molecule has 2 aliphatic rings. The molecule has 0 radical (unpaired) electrons. The van der Waals surface area contributed by atoms with E-state index in [0.717, 1.165) is 5.56 Å². The van der Waals surface area contributed by atoms with Crippen LogP contribution in [-0.4, -0.2) is 47.9 Å². The molecule has 8 heteroatoms. The van der Waals surface area contributed by atoms with Crippen LogP contribution in [0.25, 0.3) is 0 Å². The smallest absolute Gasteiger partial charge is 0.239 e. The van der Waals surface area contributed by atoms with Gasteiger partial charge in [0, 0.05) is 44.3 Å². The monoisotopic (exact) mass is 404 g/mol. The van der Waals surface area contributed by atoms with Gasteiger partial charge in [-0.25, -0.2) is 4.39 Å². The molecule has 0 saturated carbocycles. The Labute approximate surface area is 169 Å². The quantitative estimate of drug-likeness (QED) is 0.796. The van der Waals surface area contributed by atoms with Crippen molar-refractivity contribution in [2.24, 2.45) is 5.92 Å². The summed E-state index contributed by atoms with van der Waals surface area (Å²) in [6, 6.07) is 9.47. The van der Waals surface area contributed by atoms with Crippen LogP contribution >= 0.6 is 12.4 Å². The maximum absolute atomic E-state index is 13.2. The summed E-state index contributed by atoms with van der Waals surface area (Å²) in [4.78, 5) is 33.6. The predicted octanol–water partition coefficient (Wildman–Crippen LogP) is 2.17. The van der Waals surface area contributed by atoms with Gasteiger partial charge in [0.2, 0.25) is 11.8 Å². The first-order chi connectivity index (χ1) is 13.1. The Balaban J connectivity index is 0.00000225. The average Bonchev–Trinajstić information content (AvgIpc) is 3.10. The van der Waals surface area contributed by atoms with Gasteiger partial charge in [-0.15, -0.1) is 12.4 Å². The van der Waals surface area contributed by atoms with Gasteiger partial charge in [0.05, 0.1) is 6.04 Å². The highest BCUT2D eigenvalue weighted by atomic mass is 35.5. The molecule has 2 unspecified atom stereocenters. The van der Waals surface area contributed by atoms with E-state index in [1.54, 1.807) is 34.3 Å². The van der Waals surface area contributed by atoms with E-state index in [2.05, 4.69) is 10.3 Å².